The van der Waals surface area contributed by atoms with Crippen molar-refractivity contribution in [3.63, 3.8) is 0 Å². The van der Waals surface area contributed by atoms with Gasteiger partial charge in [0.2, 0.25) is 0 Å². The van der Waals surface area contributed by atoms with Gasteiger partial charge in [-0.1, -0.05) is 17.7 Å². The van der Waals surface area contributed by atoms with Gasteiger partial charge in [-0.15, -0.1) is 0 Å². The highest BCUT2D eigenvalue weighted by atomic mass is 35.5. The Hall–Kier alpha value is -2.27. The van der Waals surface area contributed by atoms with Crippen LogP contribution in [0.25, 0.3) is 0 Å². The number of amides is 1. The second-order valence-electron chi connectivity index (χ2n) is 4.62. The molecule has 0 bridgehead atoms. The van der Waals surface area contributed by atoms with Gasteiger partial charge < -0.3 is 14.7 Å². The molecule has 1 N–H and O–H groups in total. The van der Waals surface area contributed by atoms with E-state index in [1.165, 1.54) is 29.2 Å². The van der Waals surface area contributed by atoms with Crippen LogP contribution in [-0.2, 0) is 11.3 Å². The maximum absolute atomic E-state index is 13.9. The average molecular weight is 308 g/mol. The Morgan fingerprint density at radius 2 is 2.14 bits per heavy atom. The van der Waals surface area contributed by atoms with Crippen LogP contribution in [0.3, 0.4) is 0 Å². The van der Waals surface area contributed by atoms with Crippen molar-refractivity contribution >= 4 is 23.2 Å². The molecule has 6 heteroatoms. The van der Waals surface area contributed by atoms with E-state index in [1.54, 1.807) is 12.1 Å². The Bertz CT molecular complexity index is 700. The first-order valence-corrected chi connectivity index (χ1v) is 6.63. The van der Waals surface area contributed by atoms with Crippen LogP contribution in [0.1, 0.15) is 5.56 Å². The van der Waals surface area contributed by atoms with E-state index in [1.807, 2.05) is 0 Å². The van der Waals surface area contributed by atoms with Crippen LogP contribution in [0.2, 0.25) is 5.02 Å². The van der Waals surface area contributed by atoms with Gasteiger partial charge in [0, 0.05) is 16.7 Å². The summed E-state index contributed by atoms with van der Waals surface area (Å²) in [6.07, 6.45) is 0. The van der Waals surface area contributed by atoms with Crippen molar-refractivity contribution in [3.05, 3.63) is 52.8 Å². The first kappa shape index (κ1) is 13.7. The van der Waals surface area contributed by atoms with Gasteiger partial charge in [0.1, 0.15) is 17.3 Å². The van der Waals surface area contributed by atoms with E-state index >= 15 is 0 Å². The SMILES string of the molecule is O=C1COc2cc(O)ccc2N1Cc1c(F)cccc1Cl. The van der Waals surface area contributed by atoms with E-state index < -0.39 is 5.82 Å². The molecule has 0 fully saturated rings. The second-order valence-corrected chi connectivity index (χ2v) is 5.03. The van der Waals surface area contributed by atoms with E-state index in [2.05, 4.69) is 0 Å². The van der Waals surface area contributed by atoms with Gasteiger partial charge in [0.15, 0.2) is 6.61 Å². The molecule has 0 saturated carbocycles. The van der Waals surface area contributed by atoms with Crippen LogP contribution >= 0.6 is 11.6 Å². The number of carbonyl (C=O) groups is 1. The minimum absolute atomic E-state index is 0.00543. The molecule has 3 rings (SSSR count). The van der Waals surface area contributed by atoms with Crippen molar-refractivity contribution in [1.29, 1.82) is 0 Å². The summed E-state index contributed by atoms with van der Waals surface area (Å²) in [5, 5.41) is 9.71. The highest BCUT2D eigenvalue weighted by Gasteiger charge is 2.27. The topological polar surface area (TPSA) is 49.8 Å². The van der Waals surface area contributed by atoms with E-state index in [0.717, 1.165) is 0 Å². The number of hydrogen-bond acceptors (Lipinski definition) is 3. The molecule has 2 aromatic carbocycles. The number of phenols is 1. The van der Waals surface area contributed by atoms with Crippen molar-refractivity contribution in [1.82, 2.24) is 0 Å². The molecular weight excluding hydrogens is 297 g/mol. The number of benzene rings is 2. The average Bonchev–Trinajstić information content (AvgIpc) is 2.45. The van der Waals surface area contributed by atoms with E-state index in [9.17, 15) is 14.3 Å². The molecule has 0 radical (unpaired) electrons. The zero-order valence-corrected chi connectivity index (χ0v) is 11.6. The Kier molecular flexibility index (Phi) is 3.43. The number of aromatic hydroxyl groups is 1. The van der Waals surface area contributed by atoms with Gasteiger partial charge in [-0.25, -0.2) is 4.39 Å². The number of fused-ring (bicyclic) bond motifs is 1. The smallest absolute Gasteiger partial charge is 0.265 e. The van der Waals surface area contributed by atoms with Gasteiger partial charge in [0.25, 0.3) is 5.91 Å². The number of halogens is 2. The standard InChI is InChI=1S/C15H11ClFNO3/c16-11-2-1-3-12(17)10(11)7-18-13-5-4-9(19)6-14(13)21-8-15(18)20/h1-6,19H,7-8H2. The third-order valence-corrected chi connectivity index (χ3v) is 3.62. The van der Waals surface area contributed by atoms with Gasteiger partial charge in [-0.2, -0.15) is 0 Å². The lowest BCUT2D eigenvalue weighted by Crippen LogP contribution is -2.38. The number of phenolic OH excluding ortho intramolecular Hbond substituents is 1. The first-order valence-electron chi connectivity index (χ1n) is 6.25. The number of hydrogen-bond donors (Lipinski definition) is 1. The second kappa shape index (κ2) is 5.26. The number of rotatable bonds is 2. The lowest BCUT2D eigenvalue weighted by atomic mass is 10.1. The maximum atomic E-state index is 13.9. The Morgan fingerprint density at radius 1 is 1.33 bits per heavy atom. The number of nitrogens with zero attached hydrogens (tertiary/aromatic N) is 1. The fraction of sp³-hybridized carbons (Fsp3) is 0.133. The molecule has 108 valence electrons. The highest BCUT2D eigenvalue weighted by Crippen LogP contribution is 2.36. The molecular formula is C15H11ClFNO3. The summed E-state index contributed by atoms with van der Waals surface area (Å²) in [7, 11) is 0. The first-order chi connectivity index (χ1) is 10.1. The largest absolute Gasteiger partial charge is 0.508 e. The van der Waals surface area contributed by atoms with Crippen LogP contribution < -0.4 is 9.64 Å². The molecule has 2 aromatic rings. The van der Waals surface area contributed by atoms with Crippen molar-refractivity contribution in [2.24, 2.45) is 0 Å². The quantitative estimate of drug-likeness (QED) is 0.927. The van der Waals surface area contributed by atoms with Crippen molar-refractivity contribution in [2.75, 3.05) is 11.5 Å². The zero-order valence-electron chi connectivity index (χ0n) is 10.8. The molecule has 1 aliphatic heterocycles. The van der Waals surface area contributed by atoms with Crippen molar-refractivity contribution < 1.29 is 19.0 Å². The normalized spacial score (nSPS) is 13.8. The van der Waals surface area contributed by atoms with Gasteiger partial charge in [-0.3, -0.25) is 4.79 Å². The third-order valence-electron chi connectivity index (χ3n) is 3.26. The van der Waals surface area contributed by atoms with Crippen LogP contribution in [0.15, 0.2) is 36.4 Å². The van der Waals surface area contributed by atoms with Gasteiger partial charge in [0.05, 0.1) is 12.2 Å². The van der Waals surface area contributed by atoms with Crippen molar-refractivity contribution in [3.8, 4) is 11.5 Å². The summed E-state index contributed by atoms with van der Waals surface area (Å²) in [6.45, 7) is -0.159. The Morgan fingerprint density at radius 3 is 2.90 bits per heavy atom. The van der Waals surface area contributed by atoms with Crippen LogP contribution in [0.4, 0.5) is 10.1 Å². The van der Waals surface area contributed by atoms with E-state index in [4.69, 9.17) is 16.3 Å². The lowest BCUT2D eigenvalue weighted by molar-refractivity contribution is -0.121. The van der Waals surface area contributed by atoms with Gasteiger partial charge >= 0.3 is 0 Å². The Labute approximate surface area is 125 Å². The van der Waals surface area contributed by atoms with E-state index in [0.29, 0.717) is 11.4 Å². The molecule has 0 unspecified atom stereocenters. The minimum atomic E-state index is -0.470. The fourth-order valence-corrected chi connectivity index (χ4v) is 2.43. The molecule has 21 heavy (non-hydrogen) atoms. The third kappa shape index (κ3) is 2.52. The summed E-state index contributed by atoms with van der Waals surface area (Å²) < 4.78 is 19.1. The molecule has 0 aliphatic carbocycles. The molecule has 4 nitrogen and oxygen atoms in total. The molecule has 0 atom stereocenters. The summed E-state index contributed by atoms with van der Waals surface area (Å²) >= 11 is 6.00. The monoisotopic (exact) mass is 307 g/mol. The van der Waals surface area contributed by atoms with Crippen LogP contribution in [-0.4, -0.2) is 17.6 Å². The van der Waals surface area contributed by atoms with Crippen LogP contribution in [0.5, 0.6) is 11.5 Å². The molecule has 1 heterocycles. The number of anilines is 1. The van der Waals surface area contributed by atoms with Gasteiger partial charge in [-0.05, 0) is 24.3 Å². The zero-order chi connectivity index (χ0) is 15.0. The predicted molar refractivity (Wildman–Crippen MR) is 76.2 cm³/mol. The Balaban J connectivity index is 2.01. The lowest BCUT2D eigenvalue weighted by Gasteiger charge is -2.29. The van der Waals surface area contributed by atoms with Crippen molar-refractivity contribution in [2.45, 2.75) is 6.54 Å². The highest BCUT2D eigenvalue weighted by molar-refractivity contribution is 6.31. The molecule has 0 spiro atoms. The number of ether oxygens (including phenoxy) is 1. The number of carbonyl (C=O) groups excluding carboxylic acids is 1. The predicted octanol–water partition coefficient (Wildman–Crippen LogP) is 3.11. The minimum Gasteiger partial charge on any atom is -0.508 e. The van der Waals surface area contributed by atoms with E-state index in [-0.39, 0.29) is 35.4 Å². The van der Waals surface area contributed by atoms with Crippen LogP contribution in [0, 0.1) is 5.82 Å². The molecule has 1 amide bonds. The maximum Gasteiger partial charge on any atom is 0.265 e. The molecule has 1 aliphatic rings. The molecule has 0 saturated heterocycles. The summed E-state index contributed by atoms with van der Waals surface area (Å²) in [4.78, 5) is 13.4. The summed E-state index contributed by atoms with van der Waals surface area (Å²) in [6, 6.07) is 8.78. The molecule has 0 aromatic heterocycles. The summed E-state index contributed by atoms with van der Waals surface area (Å²) in [5.74, 6) is -0.358. The fourth-order valence-electron chi connectivity index (χ4n) is 2.21. The summed E-state index contributed by atoms with van der Waals surface area (Å²) in [5.41, 5.74) is 0.719.